The Kier molecular flexibility index (Phi) is 7.22. The largest absolute Gasteiger partial charge is 0.371 e. The molecule has 7 nitrogen and oxygen atoms in total. The summed E-state index contributed by atoms with van der Waals surface area (Å²) in [5.41, 5.74) is 9.89. The molecular formula is C31H39ClN6O. The van der Waals surface area contributed by atoms with E-state index >= 15 is 0 Å². The highest BCUT2D eigenvalue weighted by atomic mass is 35.5. The fourth-order valence-electron chi connectivity index (χ4n) is 7.31. The van der Waals surface area contributed by atoms with Crippen molar-refractivity contribution in [2.75, 3.05) is 55.6 Å². The zero-order chi connectivity index (χ0) is 27.1. The molecule has 2 aromatic carbocycles. The van der Waals surface area contributed by atoms with Gasteiger partial charge in [-0.05, 0) is 80.8 Å². The molecule has 4 aliphatic rings. The second-order valence-electron chi connectivity index (χ2n) is 12.2. The third kappa shape index (κ3) is 5.23. The molecule has 206 valence electrons. The number of nitrogens with two attached hydrogens (primary N) is 1. The molecule has 0 aliphatic carbocycles. The van der Waals surface area contributed by atoms with E-state index in [9.17, 15) is 4.79 Å². The monoisotopic (exact) mass is 546 g/mol. The fraction of sp³-hybridized carbons (Fsp3) is 0.548. The van der Waals surface area contributed by atoms with Gasteiger partial charge in [-0.25, -0.2) is 4.85 Å². The van der Waals surface area contributed by atoms with Gasteiger partial charge in [0.15, 0.2) is 0 Å². The van der Waals surface area contributed by atoms with Gasteiger partial charge in [0.25, 0.3) is 5.91 Å². The smallest absolute Gasteiger partial charge is 0.253 e. The maximum atomic E-state index is 13.2. The van der Waals surface area contributed by atoms with E-state index < -0.39 is 0 Å². The van der Waals surface area contributed by atoms with Crippen molar-refractivity contribution in [2.45, 2.75) is 57.2 Å². The Labute approximate surface area is 237 Å². The third-order valence-electron chi connectivity index (χ3n) is 9.66. The third-order valence-corrected chi connectivity index (χ3v) is 9.96. The van der Waals surface area contributed by atoms with Gasteiger partial charge in [0.1, 0.15) is 0 Å². The van der Waals surface area contributed by atoms with Crippen molar-refractivity contribution in [3.05, 3.63) is 64.5 Å². The predicted molar refractivity (Wildman–Crippen MR) is 158 cm³/mol. The molecule has 4 fully saturated rings. The fourth-order valence-corrected chi connectivity index (χ4v) is 7.53. The van der Waals surface area contributed by atoms with Crippen molar-refractivity contribution in [3.8, 4) is 0 Å². The number of rotatable bonds is 4. The lowest BCUT2D eigenvalue weighted by Crippen LogP contribution is -2.61. The number of hydrogen-bond donors (Lipinski definition) is 1. The topological polar surface area (TPSA) is 60.4 Å². The predicted octanol–water partition coefficient (Wildman–Crippen LogP) is 5.02. The van der Waals surface area contributed by atoms with Crippen LogP contribution in [0, 0.1) is 12.0 Å². The molecular weight excluding hydrogens is 508 g/mol. The van der Waals surface area contributed by atoms with E-state index in [1.165, 1.54) is 12.1 Å². The SMILES string of the molecule is [C-]#[N+]c1ccc(N2CC3(CCN(c4ccc(C(=O)N5CCC(N6CC(N)C6)CC5)cc4)CC3)C[C@@H]2C)cc1Cl. The quantitative estimate of drug-likeness (QED) is 0.545. The first-order chi connectivity index (χ1) is 18.8. The zero-order valence-corrected chi connectivity index (χ0v) is 23.6. The number of carbonyl (C=O) groups is 1. The van der Waals surface area contributed by atoms with Crippen molar-refractivity contribution in [1.82, 2.24) is 9.80 Å². The Bertz CT molecular complexity index is 1240. The molecule has 0 aromatic heterocycles. The Morgan fingerprint density at radius 2 is 1.69 bits per heavy atom. The van der Waals surface area contributed by atoms with Gasteiger partial charge in [-0.3, -0.25) is 9.69 Å². The average molecular weight is 547 g/mol. The second kappa shape index (κ2) is 10.6. The molecule has 0 unspecified atom stereocenters. The Morgan fingerprint density at radius 3 is 2.31 bits per heavy atom. The van der Waals surface area contributed by atoms with Crippen LogP contribution in [0.25, 0.3) is 4.85 Å². The summed E-state index contributed by atoms with van der Waals surface area (Å²) in [6.45, 7) is 16.3. The molecule has 2 aromatic rings. The zero-order valence-electron chi connectivity index (χ0n) is 22.9. The normalized spacial score (nSPS) is 24.2. The number of halogens is 1. The molecule has 0 bridgehead atoms. The van der Waals surface area contributed by atoms with Gasteiger partial charge in [0, 0.05) is 85.9 Å². The maximum Gasteiger partial charge on any atom is 0.253 e. The summed E-state index contributed by atoms with van der Waals surface area (Å²) in [6, 6.07) is 15.5. The molecule has 1 atom stereocenters. The summed E-state index contributed by atoms with van der Waals surface area (Å²) in [6.07, 6.45) is 5.57. The molecule has 4 aliphatic heterocycles. The lowest BCUT2D eigenvalue weighted by Gasteiger charge is -2.46. The summed E-state index contributed by atoms with van der Waals surface area (Å²) in [5.74, 6) is 0.155. The van der Waals surface area contributed by atoms with Gasteiger partial charge in [0.05, 0.1) is 6.57 Å². The van der Waals surface area contributed by atoms with Gasteiger partial charge < -0.3 is 20.4 Å². The number of hydrogen-bond acceptors (Lipinski definition) is 5. The maximum absolute atomic E-state index is 13.2. The molecule has 0 radical (unpaired) electrons. The van der Waals surface area contributed by atoms with Crippen LogP contribution in [-0.2, 0) is 0 Å². The number of anilines is 2. The minimum atomic E-state index is 0.155. The highest BCUT2D eigenvalue weighted by Crippen LogP contribution is 2.46. The van der Waals surface area contributed by atoms with Crippen LogP contribution in [0.1, 0.15) is 49.4 Å². The number of amides is 1. The van der Waals surface area contributed by atoms with E-state index in [2.05, 4.69) is 38.6 Å². The van der Waals surface area contributed by atoms with Crippen LogP contribution in [0.15, 0.2) is 42.5 Å². The first-order valence-corrected chi connectivity index (χ1v) is 14.8. The Hall–Kier alpha value is -2.79. The molecule has 0 saturated carbocycles. The minimum absolute atomic E-state index is 0.155. The first kappa shape index (κ1) is 26.4. The van der Waals surface area contributed by atoms with Crippen LogP contribution in [0.2, 0.25) is 5.02 Å². The highest BCUT2D eigenvalue weighted by molar-refractivity contribution is 6.33. The van der Waals surface area contributed by atoms with Gasteiger partial charge in [-0.2, -0.15) is 0 Å². The summed E-state index contributed by atoms with van der Waals surface area (Å²) in [4.78, 5) is 26.1. The van der Waals surface area contributed by atoms with Crippen molar-refractivity contribution >= 4 is 34.6 Å². The number of likely N-dealkylation sites (tertiary alicyclic amines) is 2. The Balaban J connectivity index is 1.02. The number of carbonyl (C=O) groups excluding carboxylic acids is 1. The van der Waals surface area contributed by atoms with Crippen molar-refractivity contribution < 1.29 is 4.79 Å². The van der Waals surface area contributed by atoms with Gasteiger partial charge in [0.2, 0.25) is 5.69 Å². The standard InChI is InChI=1S/C31H39ClN6O/c1-22-18-31(21-38(22)27-7-8-29(34-2)28(32)17-27)11-15-35(16-12-31)25-5-3-23(4-6-25)30(39)36-13-9-26(10-14-36)37-19-24(33)20-37/h3-8,17,22,24,26H,9-16,18-21,33H2,1H3/t22-/m0/s1. The van der Waals surface area contributed by atoms with E-state index in [4.69, 9.17) is 23.9 Å². The second-order valence-corrected chi connectivity index (χ2v) is 12.6. The van der Waals surface area contributed by atoms with Crippen LogP contribution >= 0.6 is 11.6 Å². The summed E-state index contributed by atoms with van der Waals surface area (Å²) in [7, 11) is 0. The average Bonchev–Trinajstić information content (AvgIpc) is 3.26. The molecule has 1 spiro atoms. The van der Waals surface area contributed by atoms with Crippen LogP contribution in [0.5, 0.6) is 0 Å². The molecule has 8 heteroatoms. The first-order valence-electron chi connectivity index (χ1n) is 14.4. The summed E-state index contributed by atoms with van der Waals surface area (Å²) >= 11 is 6.35. The molecule has 39 heavy (non-hydrogen) atoms. The number of nitrogens with zero attached hydrogens (tertiary/aromatic N) is 5. The molecule has 6 rings (SSSR count). The highest BCUT2D eigenvalue weighted by Gasteiger charge is 2.44. The van der Waals surface area contributed by atoms with Crippen LogP contribution in [-0.4, -0.2) is 79.6 Å². The summed E-state index contributed by atoms with van der Waals surface area (Å²) < 4.78 is 0. The van der Waals surface area contributed by atoms with Crippen LogP contribution in [0.3, 0.4) is 0 Å². The van der Waals surface area contributed by atoms with E-state index in [1.807, 2.05) is 35.2 Å². The van der Waals surface area contributed by atoms with E-state index in [1.54, 1.807) is 0 Å². The molecule has 4 heterocycles. The lowest BCUT2D eigenvalue weighted by molar-refractivity contribution is 0.0410. The summed E-state index contributed by atoms with van der Waals surface area (Å²) in [5, 5.41) is 0.536. The van der Waals surface area contributed by atoms with Gasteiger partial charge in [-0.1, -0.05) is 17.7 Å². The molecule has 4 saturated heterocycles. The minimum Gasteiger partial charge on any atom is -0.371 e. The van der Waals surface area contributed by atoms with Gasteiger partial charge >= 0.3 is 0 Å². The Morgan fingerprint density at radius 1 is 1.03 bits per heavy atom. The van der Waals surface area contributed by atoms with Gasteiger partial charge in [-0.15, -0.1) is 0 Å². The van der Waals surface area contributed by atoms with Crippen molar-refractivity contribution in [1.29, 1.82) is 0 Å². The number of benzene rings is 2. The molecule has 2 N–H and O–H groups in total. The van der Waals surface area contributed by atoms with E-state index in [0.717, 1.165) is 82.7 Å². The molecule has 1 amide bonds. The number of piperidine rings is 2. The van der Waals surface area contributed by atoms with E-state index in [0.29, 0.717) is 34.3 Å². The lowest BCUT2D eigenvalue weighted by atomic mass is 9.76. The van der Waals surface area contributed by atoms with E-state index in [-0.39, 0.29) is 5.91 Å². The van der Waals surface area contributed by atoms with Crippen LogP contribution in [0.4, 0.5) is 17.1 Å². The van der Waals surface area contributed by atoms with Crippen molar-refractivity contribution in [3.63, 3.8) is 0 Å². The van der Waals surface area contributed by atoms with Crippen LogP contribution < -0.4 is 15.5 Å². The van der Waals surface area contributed by atoms with Crippen molar-refractivity contribution in [2.24, 2.45) is 11.1 Å².